The zero-order chi connectivity index (χ0) is 12.4. The summed E-state index contributed by atoms with van der Waals surface area (Å²) >= 11 is 0. The number of hydrogen-bond donors (Lipinski definition) is 1. The second-order valence-corrected chi connectivity index (χ2v) is 4.67. The third-order valence-corrected chi connectivity index (χ3v) is 3.66. The van der Waals surface area contributed by atoms with Crippen LogP contribution in [0.25, 0.3) is 5.65 Å². The molecule has 0 unspecified atom stereocenters. The molecule has 0 aliphatic carbocycles. The summed E-state index contributed by atoms with van der Waals surface area (Å²) in [5.74, 6) is 0.524. The van der Waals surface area contributed by atoms with Gasteiger partial charge in [0, 0.05) is 12.2 Å². The number of fused-ring (bicyclic) bond motifs is 1. The standard InChI is InChI=1S/C14H21N3/c1-4-11(5-2)13(15)12-9-16-14-10(3)7-6-8-17(12)14/h6-9,11,13H,4-5,15H2,1-3H3/t13-/m1/s1. The molecule has 2 aromatic rings. The lowest BCUT2D eigenvalue weighted by molar-refractivity contribution is 0.397. The van der Waals surface area contributed by atoms with Crippen molar-refractivity contribution in [3.63, 3.8) is 0 Å². The van der Waals surface area contributed by atoms with Gasteiger partial charge < -0.3 is 10.1 Å². The zero-order valence-corrected chi connectivity index (χ0v) is 10.9. The van der Waals surface area contributed by atoms with Crippen molar-refractivity contribution < 1.29 is 0 Å². The monoisotopic (exact) mass is 231 g/mol. The molecule has 0 saturated heterocycles. The first-order valence-corrected chi connectivity index (χ1v) is 6.37. The van der Waals surface area contributed by atoms with Crippen LogP contribution >= 0.6 is 0 Å². The summed E-state index contributed by atoms with van der Waals surface area (Å²) < 4.78 is 2.12. The summed E-state index contributed by atoms with van der Waals surface area (Å²) in [5, 5.41) is 0. The molecular weight excluding hydrogens is 210 g/mol. The van der Waals surface area contributed by atoms with Crippen molar-refractivity contribution in [1.82, 2.24) is 9.38 Å². The smallest absolute Gasteiger partial charge is 0.139 e. The Balaban J connectivity index is 2.45. The predicted molar refractivity (Wildman–Crippen MR) is 70.9 cm³/mol. The molecule has 3 nitrogen and oxygen atoms in total. The molecule has 0 radical (unpaired) electrons. The van der Waals surface area contributed by atoms with Crippen molar-refractivity contribution in [3.8, 4) is 0 Å². The number of nitrogens with zero attached hydrogens (tertiary/aromatic N) is 2. The van der Waals surface area contributed by atoms with Gasteiger partial charge in [-0.1, -0.05) is 32.8 Å². The van der Waals surface area contributed by atoms with Crippen molar-refractivity contribution in [2.24, 2.45) is 11.7 Å². The topological polar surface area (TPSA) is 43.3 Å². The molecule has 92 valence electrons. The van der Waals surface area contributed by atoms with Crippen LogP contribution in [0.3, 0.4) is 0 Å². The lowest BCUT2D eigenvalue weighted by Gasteiger charge is -2.20. The Hall–Kier alpha value is -1.35. The first-order chi connectivity index (χ1) is 8.19. The van der Waals surface area contributed by atoms with Gasteiger partial charge in [-0.2, -0.15) is 0 Å². The molecule has 2 aromatic heterocycles. The number of pyridine rings is 1. The molecule has 1 atom stereocenters. The Morgan fingerprint density at radius 2 is 2.06 bits per heavy atom. The van der Waals surface area contributed by atoms with Crippen LogP contribution in [0.5, 0.6) is 0 Å². The maximum atomic E-state index is 6.36. The fourth-order valence-corrected chi connectivity index (χ4v) is 2.46. The largest absolute Gasteiger partial charge is 0.322 e. The molecule has 2 heterocycles. The van der Waals surface area contributed by atoms with Crippen molar-refractivity contribution in [2.75, 3.05) is 0 Å². The molecule has 0 aromatic carbocycles. The van der Waals surface area contributed by atoms with E-state index in [0.29, 0.717) is 5.92 Å². The Labute approximate surface area is 103 Å². The molecule has 0 saturated carbocycles. The highest BCUT2D eigenvalue weighted by molar-refractivity contribution is 5.48. The average molecular weight is 231 g/mol. The van der Waals surface area contributed by atoms with Crippen LogP contribution in [-0.2, 0) is 0 Å². The number of aryl methyl sites for hydroxylation is 1. The number of hydrogen-bond acceptors (Lipinski definition) is 2. The Kier molecular flexibility index (Phi) is 3.48. The van der Waals surface area contributed by atoms with E-state index in [1.54, 1.807) is 0 Å². The number of rotatable bonds is 4. The Morgan fingerprint density at radius 1 is 1.35 bits per heavy atom. The van der Waals surface area contributed by atoms with Gasteiger partial charge in [-0.15, -0.1) is 0 Å². The number of aromatic nitrogens is 2. The van der Waals surface area contributed by atoms with Gasteiger partial charge in [0.15, 0.2) is 0 Å². The van der Waals surface area contributed by atoms with E-state index in [4.69, 9.17) is 5.73 Å². The summed E-state index contributed by atoms with van der Waals surface area (Å²) in [6.07, 6.45) is 6.19. The summed E-state index contributed by atoms with van der Waals surface area (Å²) in [6.45, 7) is 6.47. The summed E-state index contributed by atoms with van der Waals surface area (Å²) in [4.78, 5) is 4.47. The fraction of sp³-hybridized carbons (Fsp3) is 0.500. The molecular formula is C14H21N3. The molecule has 0 amide bonds. The normalized spacial score (nSPS) is 13.5. The van der Waals surface area contributed by atoms with Gasteiger partial charge >= 0.3 is 0 Å². The van der Waals surface area contributed by atoms with E-state index < -0.39 is 0 Å². The number of nitrogens with two attached hydrogens (primary N) is 1. The second kappa shape index (κ2) is 4.88. The van der Waals surface area contributed by atoms with E-state index in [1.165, 1.54) is 5.56 Å². The molecule has 0 aliphatic heterocycles. The van der Waals surface area contributed by atoms with Crippen LogP contribution < -0.4 is 5.73 Å². The molecule has 2 rings (SSSR count). The van der Waals surface area contributed by atoms with Crippen LogP contribution in [-0.4, -0.2) is 9.38 Å². The van der Waals surface area contributed by atoms with Gasteiger partial charge in [-0.25, -0.2) is 4.98 Å². The minimum atomic E-state index is 0.0711. The first kappa shape index (κ1) is 12.1. The van der Waals surface area contributed by atoms with Crippen molar-refractivity contribution in [1.29, 1.82) is 0 Å². The minimum absolute atomic E-state index is 0.0711. The van der Waals surface area contributed by atoms with Gasteiger partial charge in [-0.3, -0.25) is 0 Å². The minimum Gasteiger partial charge on any atom is -0.322 e. The van der Waals surface area contributed by atoms with Crippen LogP contribution in [0.2, 0.25) is 0 Å². The van der Waals surface area contributed by atoms with Crippen molar-refractivity contribution >= 4 is 5.65 Å². The van der Waals surface area contributed by atoms with Gasteiger partial charge in [-0.05, 0) is 24.5 Å². The quantitative estimate of drug-likeness (QED) is 0.878. The molecule has 0 fully saturated rings. The molecule has 3 heteroatoms. The van der Waals surface area contributed by atoms with Crippen LogP contribution in [0.4, 0.5) is 0 Å². The van der Waals surface area contributed by atoms with Crippen LogP contribution in [0, 0.1) is 12.8 Å². The first-order valence-electron chi connectivity index (χ1n) is 6.37. The molecule has 17 heavy (non-hydrogen) atoms. The Bertz CT molecular complexity index is 497. The van der Waals surface area contributed by atoms with E-state index in [2.05, 4.69) is 36.2 Å². The molecule has 0 spiro atoms. The highest BCUT2D eigenvalue weighted by Gasteiger charge is 2.19. The maximum absolute atomic E-state index is 6.36. The van der Waals surface area contributed by atoms with Gasteiger partial charge in [0.2, 0.25) is 0 Å². The van der Waals surface area contributed by atoms with Crippen molar-refractivity contribution in [2.45, 2.75) is 39.7 Å². The summed E-state index contributed by atoms with van der Waals surface area (Å²) in [5.41, 5.74) is 9.69. The lowest BCUT2D eigenvalue weighted by atomic mass is 9.93. The summed E-state index contributed by atoms with van der Waals surface area (Å²) in [6, 6.07) is 4.20. The van der Waals surface area contributed by atoms with Crippen molar-refractivity contribution in [3.05, 3.63) is 35.8 Å². The van der Waals surface area contributed by atoms with Gasteiger partial charge in [0.1, 0.15) is 5.65 Å². The van der Waals surface area contributed by atoms with E-state index in [9.17, 15) is 0 Å². The fourth-order valence-electron chi connectivity index (χ4n) is 2.46. The molecule has 2 N–H and O–H groups in total. The maximum Gasteiger partial charge on any atom is 0.139 e. The molecule has 0 bridgehead atoms. The van der Waals surface area contributed by atoms with Crippen LogP contribution in [0.15, 0.2) is 24.5 Å². The van der Waals surface area contributed by atoms with E-state index in [-0.39, 0.29) is 6.04 Å². The Morgan fingerprint density at radius 3 is 2.71 bits per heavy atom. The van der Waals surface area contributed by atoms with E-state index >= 15 is 0 Å². The predicted octanol–water partition coefficient (Wildman–Crippen LogP) is 3.08. The third-order valence-electron chi connectivity index (χ3n) is 3.66. The third kappa shape index (κ3) is 2.07. The zero-order valence-electron chi connectivity index (χ0n) is 10.9. The lowest BCUT2D eigenvalue weighted by Crippen LogP contribution is -2.21. The second-order valence-electron chi connectivity index (χ2n) is 4.67. The van der Waals surface area contributed by atoms with Gasteiger partial charge in [0.25, 0.3) is 0 Å². The highest BCUT2D eigenvalue weighted by Crippen LogP contribution is 2.26. The molecule has 0 aliphatic rings. The summed E-state index contributed by atoms with van der Waals surface area (Å²) in [7, 11) is 0. The van der Waals surface area contributed by atoms with Gasteiger partial charge in [0.05, 0.1) is 11.9 Å². The highest BCUT2D eigenvalue weighted by atomic mass is 15.0. The van der Waals surface area contributed by atoms with E-state index in [0.717, 1.165) is 24.2 Å². The van der Waals surface area contributed by atoms with Crippen LogP contribution in [0.1, 0.15) is 44.0 Å². The SMILES string of the molecule is CCC(CC)[C@@H](N)c1cnc2c(C)cccn12. The average Bonchev–Trinajstić information content (AvgIpc) is 2.75. The number of imidazole rings is 1. The van der Waals surface area contributed by atoms with E-state index in [1.807, 2.05) is 18.5 Å².